The number of hydrogen-bond acceptors (Lipinski definition) is 3. The van der Waals surface area contributed by atoms with Gasteiger partial charge < -0.3 is 10.5 Å². The minimum absolute atomic E-state index is 0.779. The van der Waals surface area contributed by atoms with Gasteiger partial charge in [0.25, 0.3) is 0 Å². The van der Waals surface area contributed by atoms with E-state index in [1.165, 1.54) is 15.6 Å². The van der Waals surface area contributed by atoms with E-state index in [9.17, 15) is 0 Å². The van der Waals surface area contributed by atoms with E-state index in [0.717, 1.165) is 17.9 Å². The van der Waals surface area contributed by atoms with Crippen molar-refractivity contribution in [1.29, 1.82) is 0 Å². The summed E-state index contributed by atoms with van der Waals surface area (Å²) in [5, 5.41) is 3.35. The van der Waals surface area contributed by atoms with E-state index < -0.39 is 0 Å². The summed E-state index contributed by atoms with van der Waals surface area (Å²) in [6, 6.07) is 4.13. The lowest BCUT2D eigenvalue weighted by Gasteiger charge is -2.10. The lowest BCUT2D eigenvalue weighted by atomic mass is 10.1. The number of fused-ring (bicyclic) bond motifs is 1. The van der Waals surface area contributed by atoms with Gasteiger partial charge >= 0.3 is 0 Å². The van der Waals surface area contributed by atoms with Crippen LogP contribution < -0.4 is 10.5 Å². The Balaban J connectivity index is 2.80. The zero-order valence-electron chi connectivity index (χ0n) is 8.33. The maximum absolute atomic E-state index is 6.01. The Hall–Kier alpha value is -1.22. The molecule has 2 rings (SSSR count). The predicted molar refractivity (Wildman–Crippen MR) is 62.2 cm³/mol. The number of ether oxygens (including phenoxy) is 1. The molecule has 1 heterocycles. The third kappa shape index (κ3) is 1.24. The summed E-state index contributed by atoms with van der Waals surface area (Å²) in [5.41, 5.74) is 7.98. The highest BCUT2D eigenvalue weighted by molar-refractivity contribution is 7.17. The van der Waals surface area contributed by atoms with E-state index in [4.69, 9.17) is 10.5 Å². The van der Waals surface area contributed by atoms with Gasteiger partial charge in [-0.25, -0.2) is 0 Å². The number of methoxy groups -OCH3 is 1. The van der Waals surface area contributed by atoms with Crippen molar-refractivity contribution >= 4 is 27.1 Å². The summed E-state index contributed by atoms with van der Waals surface area (Å²) in [6.45, 7) is 2.11. The molecule has 74 valence electrons. The zero-order chi connectivity index (χ0) is 10.1. The first-order valence-electron chi connectivity index (χ1n) is 4.60. The molecule has 2 nitrogen and oxygen atoms in total. The van der Waals surface area contributed by atoms with E-state index in [0.29, 0.717) is 0 Å². The normalized spacial score (nSPS) is 10.7. The number of hydrogen-bond donors (Lipinski definition) is 1. The Morgan fingerprint density at radius 2 is 2.29 bits per heavy atom. The maximum atomic E-state index is 6.01. The van der Waals surface area contributed by atoms with Gasteiger partial charge in [-0.3, -0.25) is 0 Å². The second-order valence-electron chi connectivity index (χ2n) is 3.16. The monoisotopic (exact) mass is 207 g/mol. The van der Waals surface area contributed by atoms with Gasteiger partial charge in [0.15, 0.2) is 0 Å². The highest BCUT2D eigenvalue weighted by atomic mass is 32.1. The van der Waals surface area contributed by atoms with Crippen LogP contribution in [0.3, 0.4) is 0 Å². The van der Waals surface area contributed by atoms with E-state index in [1.54, 1.807) is 18.4 Å². The molecule has 0 aliphatic carbocycles. The van der Waals surface area contributed by atoms with Crippen LogP contribution in [0, 0.1) is 0 Å². The molecule has 0 aliphatic rings. The summed E-state index contributed by atoms with van der Waals surface area (Å²) in [5.74, 6) is 0.789. The topological polar surface area (TPSA) is 35.2 Å². The van der Waals surface area contributed by atoms with Gasteiger partial charge in [0.1, 0.15) is 5.75 Å². The molecule has 1 aromatic heterocycles. The van der Waals surface area contributed by atoms with Crippen LogP contribution in [0.1, 0.15) is 12.5 Å². The van der Waals surface area contributed by atoms with Gasteiger partial charge in [-0.1, -0.05) is 6.92 Å². The van der Waals surface area contributed by atoms with Crippen LogP contribution >= 0.6 is 11.3 Å². The molecule has 0 bridgehead atoms. The fourth-order valence-electron chi connectivity index (χ4n) is 1.72. The van der Waals surface area contributed by atoms with Crippen molar-refractivity contribution < 1.29 is 4.74 Å². The van der Waals surface area contributed by atoms with Crippen molar-refractivity contribution in [2.75, 3.05) is 12.8 Å². The van der Waals surface area contributed by atoms with E-state index in [-0.39, 0.29) is 0 Å². The van der Waals surface area contributed by atoms with Crippen molar-refractivity contribution in [1.82, 2.24) is 0 Å². The Labute approximate surface area is 87.3 Å². The largest absolute Gasteiger partial charge is 0.495 e. The molecule has 0 spiro atoms. The number of anilines is 1. The van der Waals surface area contributed by atoms with Crippen LogP contribution in [0.4, 0.5) is 5.69 Å². The van der Waals surface area contributed by atoms with Crippen molar-refractivity contribution in [2.45, 2.75) is 13.3 Å². The molecule has 0 unspecified atom stereocenters. The number of nitrogen functional groups attached to an aromatic ring is 1. The van der Waals surface area contributed by atoms with Gasteiger partial charge in [0.05, 0.1) is 12.8 Å². The highest BCUT2D eigenvalue weighted by Crippen LogP contribution is 2.35. The number of rotatable bonds is 2. The number of nitrogens with two attached hydrogens (primary N) is 1. The molecule has 2 aromatic rings. The molecular weight excluding hydrogens is 194 g/mol. The molecule has 0 fully saturated rings. The van der Waals surface area contributed by atoms with Gasteiger partial charge in [-0.15, -0.1) is 11.3 Å². The predicted octanol–water partition coefficient (Wildman–Crippen LogP) is 3.05. The fourth-order valence-corrected chi connectivity index (χ4v) is 2.57. The quantitative estimate of drug-likeness (QED) is 0.768. The van der Waals surface area contributed by atoms with Crippen LogP contribution in [-0.4, -0.2) is 7.11 Å². The molecule has 0 aliphatic heterocycles. The Kier molecular flexibility index (Phi) is 2.33. The van der Waals surface area contributed by atoms with Gasteiger partial charge in [0.2, 0.25) is 0 Å². The average Bonchev–Trinajstić information content (AvgIpc) is 2.64. The Bertz CT molecular complexity index is 462. The second-order valence-corrected chi connectivity index (χ2v) is 4.10. The SMILES string of the molecule is CCc1c(N)c(OC)cc2sccc12. The lowest BCUT2D eigenvalue weighted by molar-refractivity contribution is 0.417. The minimum atomic E-state index is 0.779. The molecule has 1 aromatic carbocycles. The molecule has 0 saturated carbocycles. The lowest BCUT2D eigenvalue weighted by Crippen LogP contribution is -1.97. The van der Waals surface area contributed by atoms with E-state index in [1.807, 2.05) is 6.07 Å². The van der Waals surface area contributed by atoms with Crippen LogP contribution in [-0.2, 0) is 6.42 Å². The highest BCUT2D eigenvalue weighted by Gasteiger charge is 2.10. The number of benzene rings is 1. The van der Waals surface area contributed by atoms with Crippen LogP contribution in [0.15, 0.2) is 17.5 Å². The van der Waals surface area contributed by atoms with Crippen molar-refractivity contribution in [2.24, 2.45) is 0 Å². The van der Waals surface area contributed by atoms with Crippen molar-refractivity contribution in [3.8, 4) is 5.75 Å². The van der Waals surface area contributed by atoms with Crippen molar-refractivity contribution in [3.05, 3.63) is 23.1 Å². The number of thiophene rings is 1. The summed E-state index contributed by atoms with van der Waals surface area (Å²) < 4.78 is 6.49. The molecule has 0 amide bonds. The zero-order valence-corrected chi connectivity index (χ0v) is 9.15. The Morgan fingerprint density at radius 3 is 2.93 bits per heavy atom. The molecule has 3 heteroatoms. The third-order valence-corrected chi connectivity index (χ3v) is 3.31. The molecule has 14 heavy (non-hydrogen) atoms. The first-order valence-corrected chi connectivity index (χ1v) is 5.48. The first-order chi connectivity index (χ1) is 6.77. The van der Waals surface area contributed by atoms with Gasteiger partial charge in [0, 0.05) is 10.8 Å². The average molecular weight is 207 g/mol. The van der Waals surface area contributed by atoms with Crippen molar-refractivity contribution in [3.63, 3.8) is 0 Å². The standard InChI is InChI=1S/C11H13NOS/c1-3-7-8-4-5-14-10(8)6-9(13-2)11(7)12/h4-6H,3,12H2,1-2H3. The second kappa shape index (κ2) is 3.50. The van der Waals surface area contributed by atoms with Crippen LogP contribution in [0.5, 0.6) is 5.75 Å². The summed E-state index contributed by atoms with van der Waals surface area (Å²) in [4.78, 5) is 0. The van der Waals surface area contributed by atoms with Crippen LogP contribution in [0.2, 0.25) is 0 Å². The molecule has 2 N–H and O–H groups in total. The summed E-state index contributed by atoms with van der Waals surface area (Å²) in [6.07, 6.45) is 0.941. The van der Waals surface area contributed by atoms with E-state index >= 15 is 0 Å². The summed E-state index contributed by atoms with van der Waals surface area (Å²) >= 11 is 1.72. The first kappa shape index (κ1) is 9.34. The minimum Gasteiger partial charge on any atom is -0.495 e. The molecule has 0 saturated heterocycles. The number of aryl methyl sites for hydroxylation is 1. The Morgan fingerprint density at radius 1 is 1.50 bits per heavy atom. The molecular formula is C11H13NOS. The van der Waals surface area contributed by atoms with Gasteiger partial charge in [-0.2, -0.15) is 0 Å². The van der Waals surface area contributed by atoms with E-state index in [2.05, 4.69) is 18.4 Å². The smallest absolute Gasteiger partial charge is 0.143 e. The van der Waals surface area contributed by atoms with Gasteiger partial charge in [-0.05, 0) is 28.8 Å². The maximum Gasteiger partial charge on any atom is 0.143 e. The molecule has 0 radical (unpaired) electrons. The molecule has 0 atom stereocenters. The third-order valence-electron chi connectivity index (χ3n) is 2.45. The summed E-state index contributed by atoms with van der Waals surface area (Å²) in [7, 11) is 1.66. The van der Waals surface area contributed by atoms with Crippen LogP contribution in [0.25, 0.3) is 10.1 Å². The fraction of sp³-hybridized carbons (Fsp3) is 0.273.